The SMILES string of the molecule is CN=C(NCC(C)C)NC1CCN(C(C)C)CC1.I. The summed E-state index contributed by atoms with van der Waals surface area (Å²) in [5, 5.41) is 6.91. The molecule has 4 nitrogen and oxygen atoms in total. The molecule has 0 aromatic rings. The lowest BCUT2D eigenvalue weighted by atomic mass is 10.0. The van der Waals surface area contributed by atoms with Crippen LogP contribution in [0.4, 0.5) is 0 Å². The number of hydrogen-bond donors (Lipinski definition) is 2. The Kier molecular flexibility index (Phi) is 9.78. The number of halogens is 1. The first-order chi connectivity index (χ1) is 8.52. The van der Waals surface area contributed by atoms with E-state index in [0.717, 1.165) is 12.5 Å². The number of aliphatic imine (C=N–C) groups is 1. The lowest BCUT2D eigenvalue weighted by molar-refractivity contribution is 0.167. The van der Waals surface area contributed by atoms with Crippen molar-refractivity contribution in [1.29, 1.82) is 0 Å². The first-order valence-electron chi connectivity index (χ1n) is 7.24. The summed E-state index contributed by atoms with van der Waals surface area (Å²) in [6, 6.07) is 1.24. The van der Waals surface area contributed by atoms with E-state index in [-0.39, 0.29) is 24.0 Å². The quantitative estimate of drug-likeness (QED) is 0.445. The second-order valence-corrected chi connectivity index (χ2v) is 5.90. The Hall–Kier alpha value is -0.0400. The molecule has 2 N–H and O–H groups in total. The maximum Gasteiger partial charge on any atom is 0.191 e. The third-order valence-corrected chi connectivity index (χ3v) is 3.50. The van der Waals surface area contributed by atoms with Crippen molar-refractivity contribution >= 4 is 29.9 Å². The molecule has 0 radical (unpaired) electrons. The molecule has 0 bridgehead atoms. The van der Waals surface area contributed by atoms with Crippen molar-refractivity contribution in [2.45, 2.75) is 52.6 Å². The number of rotatable bonds is 4. The van der Waals surface area contributed by atoms with Gasteiger partial charge in [-0.2, -0.15) is 0 Å². The maximum absolute atomic E-state index is 4.29. The fourth-order valence-electron chi connectivity index (χ4n) is 2.25. The van der Waals surface area contributed by atoms with Crippen LogP contribution in [0.3, 0.4) is 0 Å². The van der Waals surface area contributed by atoms with E-state index >= 15 is 0 Å². The van der Waals surface area contributed by atoms with Gasteiger partial charge in [-0.3, -0.25) is 4.99 Å². The van der Waals surface area contributed by atoms with Crippen molar-refractivity contribution in [3.8, 4) is 0 Å². The van der Waals surface area contributed by atoms with E-state index in [1.54, 1.807) is 0 Å². The Morgan fingerprint density at radius 1 is 1.21 bits per heavy atom. The highest BCUT2D eigenvalue weighted by Gasteiger charge is 2.21. The molecule has 0 aromatic carbocycles. The van der Waals surface area contributed by atoms with Gasteiger partial charge in [-0.25, -0.2) is 0 Å². The molecule has 0 saturated carbocycles. The van der Waals surface area contributed by atoms with Crippen molar-refractivity contribution in [1.82, 2.24) is 15.5 Å². The Balaban J connectivity index is 0.00000324. The maximum atomic E-state index is 4.29. The van der Waals surface area contributed by atoms with Gasteiger partial charge in [-0.1, -0.05) is 13.8 Å². The van der Waals surface area contributed by atoms with E-state index in [0.29, 0.717) is 18.0 Å². The molecule has 1 aliphatic rings. The van der Waals surface area contributed by atoms with Crippen LogP contribution in [0.15, 0.2) is 4.99 Å². The molecule has 1 heterocycles. The van der Waals surface area contributed by atoms with E-state index in [9.17, 15) is 0 Å². The summed E-state index contributed by atoms with van der Waals surface area (Å²) in [4.78, 5) is 6.83. The van der Waals surface area contributed by atoms with Crippen molar-refractivity contribution in [3.63, 3.8) is 0 Å². The van der Waals surface area contributed by atoms with Crippen LogP contribution in [-0.4, -0.2) is 49.6 Å². The first kappa shape index (κ1) is 19.0. The standard InChI is InChI=1S/C14H30N4.HI/c1-11(2)10-16-14(15-5)17-13-6-8-18(9-7-13)12(3)4;/h11-13H,6-10H2,1-5H3,(H2,15,16,17);1H. The molecule has 0 aromatic heterocycles. The number of likely N-dealkylation sites (tertiary alicyclic amines) is 1. The zero-order valence-electron chi connectivity index (χ0n) is 13.1. The van der Waals surface area contributed by atoms with Crippen LogP contribution < -0.4 is 10.6 Å². The fraction of sp³-hybridized carbons (Fsp3) is 0.929. The van der Waals surface area contributed by atoms with E-state index in [2.05, 4.69) is 48.2 Å². The van der Waals surface area contributed by atoms with E-state index in [1.165, 1.54) is 25.9 Å². The van der Waals surface area contributed by atoms with Gasteiger partial charge in [0.1, 0.15) is 0 Å². The minimum Gasteiger partial charge on any atom is -0.356 e. The molecule has 1 saturated heterocycles. The van der Waals surface area contributed by atoms with Crippen molar-refractivity contribution in [2.24, 2.45) is 10.9 Å². The average Bonchev–Trinajstić information content (AvgIpc) is 2.34. The molecule has 1 fully saturated rings. The predicted octanol–water partition coefficient (Wildman–Crippen LogP) is 2.30. The highest BCUT2D eigenvalue weighted by Crippen LogP contribution is 2.12. The third-order valence-electron chi connectivity index (χ3n) is 3.50. The minimum atomic E-state index is 0. The zero-order valence-corrected chi connectivity index (χ0v) is 15.4. The average molecular weight is 382 g/mol. The van der Waals surface area contributed by atoms with Gasteiger partial charge in [0.15, 0.2) is 5.96 Å². The molecular formula is C14H31IN4. The summed E-state index contributed by atoms with van der Waals surface area (Å²) in [7, 11) is 1.85. The molecule has 0 amide bonds. The topological polar surface area (TPSA) is 39.7 Å². The summed E-state index contributed by atoms with van der Waals surface area (Å²) >= 11 is 0. The number of piperidine rings is 1. The van der Waals surface area contributed by atoms with E-state index < -0.39 is 0 Å². The number of nitrogens with zero attached hydrogens (tertiary/aromatic N) is 2. The van der Waals surface area contributed by atoms with Gasteiger partial charge < -0.3 is 15.5 Å². The normalized spacial score (nSPS) is 18.6. The van der Waals surface area contributed by atoms with Crippen molar-refractivity contribution in [2.75, 3.05) is 26.7 Å². The van der Waals surface area contributed by atoms with Gasteiger partial charge in [0.25, 0.3) is 0 Å². The van der Waals surface area contributed by atoms with Crippen LogP contribution in [0.2, 0.25) is 0 Å². The number of nitrogens with one attached hydrogen (secondary N) is 2. The minimum absolute atomic E-state index is 0. The largest absolute Gasteiger partial charge is 0.356 e. The second kappa shape index (κ2) is 9.80. The van der Waals surface area contributed by atoms with E-state index in [4.69, 9.17) is 0 Å². The van der Waals surface area contributed by atoms with Gasteiger partial charge in [-0.05, 0) is 32.6 Å². The third kappa shape index (κ3) is 7.34. The highest BCUT2D eigenvalue weighted by atomic mass is 127. The summed E-state index contributed by atoms with van der Waals surface area (Å²) in [5.74, 6) is 1.60. The molecule has 0 unspecified atom stereocenters. The molecule has 1 rings (SSSR count). The summed E-state index contributed by atoms with van der Waals surface area (Å²) in [6.45, 7) is 12.3. The summed E-state index contributed by atoms with van der Waals surface area (Å²) in [5.41, 5.74) is 0. The van der Waals surface area contributed by atoms with Gasteiger partial charge in [0, 0.05) is 38.8 Å². The fourth-order valence-corrected chi connectivity index (χ4v) is 2.25. The smallest absolute Gasteiger partial charge is 0.191 e. The Bertz CT molecular complexity index is 258. The molecule has 1 aliphatic heterocycles. The van der Waals surface area contributed by atoms with Crippen LogP contribution in [0, 0.1) is 5.92 Å². The second-order valence-electron chi connectivity index (χ2n) is 5.90. The lowest BCUT2D eigenvalue weighted by Gasteiger charge is -2.35. The Labute approximate surface area is 135 Å². The van der Waals surface area contributed by atoms with Crippen molar-refractivity contribution < 1.29 is 0 Å². The molecule has 0 aliphatic carbocycles. The van der Waals surface area contributed by atoms with Gasteiger partial charge in [-0.15, -0.1) is 24.0 Å². The number of hydrogen-bond acceptors (Lipinski definition) is 2. The van der Waals surface area contributed by atoms with Gasteiger partial charge in [0.2, 0.25) is 0 Å². The highest BCUT2D eigenvalue weighted by molar-refractivity contribution is 14.0. The summed E-state index contributed by atoms with van der Waals surface area (Å²) < 4.78 is 0. The summed E-state index contributed by atoms with van der Waals surface area (Å²) in [6.07, 6.45) is 2.42. The van der Waals surface area contributed by atoms with Crippen LogP contribution in [-0.2, 0) is 0 Å². The molecule has 5 heteroatoms. The lowest BCUT2D eigenvalue weighted by Crippen LogP contribution is -2.50. The van der Waals surface area contributed by atoms with Crippen LogP contribution in [0.25, 0.3) is 0 Å². The van der Waals surface area contributed by atoms with Crippen LogP contribution in [0.1, 0.15) is 40.5 Å². The first-order valence-corrected chi connectivity index (χ1v) is 7.24. The Morgan fingerprint density at radius 3 is 2.21 bits per heavy atom. The molecule has 0 atom stereocenters. The van der Waals surface area contributed by atoms with Gasteiger partial charge >= 0.3 is 0 Å². The molecule has 114 valence electrons. The monoisotopic (exact) mass is 382 g/mol. The molecule has 19 heavy (non-hydrogen) atoms. The number of guanidine groups is 1. The van der Waals surface area contributed by atoms with Crippen LogP contribution >= 0.6 is 24.0 Å². The van der Waals surface area contributed by atoms with Crippen molar-refractivity contribution in [3.05, 3.63) is 0 Å². The Morgan fingerprint density at radius 2 is 1.79 bits per heavy atom. The predicted molar refractivity (Wildman–Crippen MR) is 94.5 cm³/mol. The molecular weight excluding hydrogens is 351 g/mol. The van der Waals surface area contributed by atoms with Gasteiger partial charge in [0.05, 0.1) is 0 Å². The zero-order chi connectivity index (χ0) is 13.5. The molecule has 0 spiro atoms. The van der Waals surface area contributed by atoms with Crippen LogP contribution in [0.5, 0.6) is 0 Å². The van der Waals surface area contributed by atoms with E-state index in [1.807, 2.05) is 7.05 Å².